The maximum Gasteiger partial charge on any atom is 0.417 e. The molecule has 5 nitrogen and oxygen atoms in total. The minimum Gasteiger partial charge on any atom is -0.379 e. The van der Waals surface area contributed by atoms with E-state index in [0.717, 1.165) is 37.3 Å². The highest BCUT2D eigenvalue weighted by atomic mass is 19.4. The van der Waals surface area contributed by atoms with Crippen molar-refractivity contribution >= 4 is 11.6 Å². The Labute approximate surface area is 208 Å². The van der Waals surface area contributed by atoms with Crippen LogP contribution >= 0.6 is 0 Å². The van der Waals surface area contributed by atoms with Gasteiger partial charge in [-0.1, -0.05) is 19.1 Å². The molecule has 9 heteroatoms. The van der Waals surface area contributed by atoms with Crippen molar-refractivity contribution in [3.8, 4) is 6.07 Å². The molecule has 1 heterocycles. The zero-order chi connectivity index (χ0) is 26.5. The Bertz CT molecular complexity index is 1090. The second-order valence-corrected chi connectivity index (χ2v) is 10.0. The molecule has 0 radical (unpaired) electrons. The Morgan fingerprint density at radius 1 is 1.17 bits per heavy atom. The van der Waals surface area contributed by atoms with Gasteiger partial charge in [0.2, 0.25) is 0 Å². The van der Waals surface area contributed by atoms with Gasteiger partial charge in [0.15, 0.2) is 5.60 Å². The smallest absolute Gasteiger partial charge is 0.379 e. The standard InChI is InChI=1S/C27H31F4N3O2/c1-18-3-4-20(6-5-19-7-10-22(28)11-8-19)16-34(15-18)17-26(2,36)25(35)33-23-12-9-21(14-32)24(13-23)27(29,30)31/h7-13,18,20,36H,3-6,15-17H2,1-2H3,(H,33,35). The third kappa shape index (κ3) is 7.52. The number of benzene rings is 2. The molecule has 2 aromatic carbocycles. The molecular weight excluding hydrogens is 474 g/mol. The van der Waals surface area contributed by atoms with E-state index in [-0.39, 0.29) is 18.0 Å². The van der Waals surface area contributed by atoms with Gasteiger partial charge in [0.1, 0.15) is 5.82 Å². The third-order valence-electron chi connectivity index (χ3n) is 6.63. The molecule has 1 saturated heterocycles. The van der Waals surface area contributed by atoms with Crippen LogP contribution in [0.1, 0.15) is 49.8 Å². The van der Waals surface area contributed by atoms with Gasteiger partial charge < -0.3 is 10.4 Å². The molecule has 0 bridgehead atoms. The molecule has 2 N–H and O–H groups in total. The average Bonchev–Trinajstić information content (AvgIpc) is 2.98. The summed E-state index contributed by atoms with van der Waals surface area (Å²) in [7, 11) is 0. The molecule has 3 rings (SSSR count). The third-order valence-corrected chi connectivity index (χ3v) is 6.63. The van der Waals surface area contributed by atoms with Gasteiger partial charge in [0.05, 0.1) is 17.2 Å². The van der Waals surface area contributed by atoms with Crippen molar-refractivity contribution in [1.29, 1.82) is 5.26 Å². The number of likely N-dealkylation sites (tertiary alicyclic amines) is 1. The molecule has 0 aromatic heterocycles. The van der Waals surface area contributed by atoms with Gasteiger partial charge in [0, 0.05) is 25.3 Å². The molecule has 0 spiro atoms. The van der Waals surface area contributed by atoms with Gasteiger partial charge in [-0.05, 0) is 80.3 Å². The fourth-order valence-electron chi connectivity index (χ4n) is 4.70. The normalized spacial score (nSPS) is 20.7. The van der Waals surface area contributed by atoms with Crippen molar-refractivity contribution in [2.75, 3.05) is 25.0 Å². The first-order chi connectivity index (χ1) is 16.9. The van der Waals surface area contributed by atoms with Crippen LogP contribution in [0.4, 0.5) is 23.2 Å². The lowest BCUT2D eigenvalue weighted by Gasteiger charge is -2.32. The van der Waals surface area contributed by atoms with Gasteiger partial charge in [-0.3, -0.25) is 9.69 Å². The highest BCUT2D eigenvalue weighted by molar-refractivity contribution is 5.97. The molecule has 0 aliphatic carbocycles. The summed E-state index contributed by atoms with van der Waals surface area (Å²) in [6.07, 6.45) is -1.07. The summed E-state index contributed by atoms with van der Waals surface area (Å²) in [5.74, 6) is -0.413. The first-order valence-corrected chi connectivity index (χ1v) is 12.0. The maximum atomic E-state index is 13.3. The van der Waals surface area contributed by atoms with Crippen molar-refractivity contribution in [3.05, 3.63) is 65.0 Å². The number of β-amino-alcohol motifs (C(OH)–C–C–N with tert-alkyl or cyclic N) is 1. The van der Waals surface area contributed by atoms with Crippen LogP contribution in [0.25, 0.3) is 0 Å². The number of hydrogen-bond donors (Lipinski definition) is 2. The molecule has 3 unspecified atom stereocenters. The average molecular weight is 506 g/mol. The molecule has 1 aliphatic heterocycles. The van der Waals surface area contributed by atoms with Crippen LogP contribution in [0.3, 0.4) is 0 Å². The van der Waals surface area contributed by atoms with E-state index in [4.69, 9.17) is 5.26 Å². The number of hydrogen-bond acceptors (Lipinski definition) is 4. The monoisotopic (exact) mass is 505 g/mol. The number of nitrogens with zero attached hydrogens (tertiary/aromatic N) is 2. The lowest BCUT2D eigenvalue weighted by molar-refractivity contribution is -0.138. The van der Waals surface area contributed by atoms with Crippen LogP contribution in [-0.2, 0) is 17.4 Å². The van der Waals surface area contributed by atoms with Gasteiger partial charge in [-0.25, -0.2) is 4.39 Å². The van der Waals surface area contributed by atoms with Gasteiger partial charge >= 0.3 is 6.18 Å². The zero-order valence-electron chi connectivity index (χ0n) is 20.4. The molecule has 3 atom stereocenters. The lowest BCUT2D eigenvalue weighted by atomic mass is 9.93. The number of aryl methyl sites for hydroxylation is 1. The van der Waals surface area contributed by atoms with Crippen molar-refractivity contribution in [2.24, 2.45) is 11.8 Å². The highest BCUT2D eigenvalue weighted by Gasteiger charge is 2.36. The van der Waals surface area contributed by atoms with Crippen molar-refractivity contribution in [3.63, 3.8) is 0 Å². The van der Waals surface area contributed by atoms with E-state index < -0.39 is 28.8 Å². The van der Waals surface area contributed by atoms with Crippen LogP contribution in [0.5, 0.6) is 0 Å². The van der Waals surface area contributed by atoms with E-state index >= 15 is 0 Å². The van der Waals surface area contributed by atoms with E-state index in [1.165, 1.54) is 31.2 Å². The first kappa shape index (κ1) is 27.6. The summed E-state index contributed by atoms with van der Waals surface area (Å²) in [6.45, 7) is 4.84. The second kappa shape index (κ2) is 11.4. The number of halogens is 4. The SMILES string of the molecule is CC1CCC(CCc2ccc(F)cc2)CN(CC(C)(O)C(=O)Nc2ccc(C#N)c(C(F)(F)F)c2)C1. The van der Waals surface area contributed by atoms with E-state index in [1.807, 2.05) is 4.90 Å². The number of nitrogens with one attached hydrogen (secondary N) is 1. The Hall–Kier alpha value is -2.96. The summed E-state index contributed by atoms with van der Waals surface area (Å²) >= 11 is 0. The Kier molecular flexibility index (Phi) is 8.75. The maximum absolute atomic E-state index is 13.3. The Morgan fingerprint density at radius 2 is 1.86 bits per heavy atom. The minimum atomic E-state index is -4.75. The summed E-state index contributed by atoms with van der Waals surface area (Å²) in [5.41, 5.74) is -2.64. The molecule has 2 aromatic rings. The van der Waals surface area contributed by atoms with Crippen molar-refractivity contribution < 1.29 is 27.5 Å². The predicted molar refractivity (Wildman–Crippen MR) is 128 cm³/mol. The molecule has 0 saturated carbocycles. The number of rotatable bonds is 7. The summed E-state index contributed by atoms with van der Waals surface area (Å²) in [6, 6.07) is 10.8. The molecule has 36 heavy (non-hydrogen) atoms. The summed E-state index contributed by atoms with van der Waals surface area (Å²) < 4.78 is 52.9. The van der Waals surface area contributed by atoms with Crippen molar-refractivity contribution in [2.45, 2.75) is 51.3 Å². The van der Waals surface area contributed by atoms with Gasteiger partial charge in [-0.2, -0.15) is 18.4 Å². The molecule has 1 amide bonds. The predicted octanol–water partition coefficient (Wildman–Crippen LogP) is 5.39. The van der Waals surface area contributed by atoms with Gasteiger partial charge in [0.25, 0.3) is 5.91 Å². The quantitative estimate of drug-likeness (QED) is 0.495. The fourth-order valence-corrected chi connectivity index (χ4v) is 4.70. The van der Waals surface area contributed by atoms with Crippen LogP contribution < -0.4 is 5.32 Å². The summed E-state index contributed by atoms with van der Waals surface area (Å²) in [4.78, 5) is 14.9. The number of amides is 1. The van der Waals surface area contributed by atoms with Crippen LogP contribution in [0.2, 0.25) is 0 Å². The highest BCUT2D eigenvalue weighted by Crippen LogP contribution is 2.34. The van der Waals surface area contributed by atoms with Crippen LogP contribution in [0, 0.1) is 29.0 Å². The largest absolute Gasteiger partial charge is 0.417 e. The minimum absolute atomic E-state index is 0.0264. The first-order valence-electron chi connectivity index (χ1n) is 12.0. The topological polar surface area (TPSA) is 76.4 Å². The molecule has 194 valence electrons. The molecular formula is C27H31F4N3O2. The lowest BCUT2D eigenvalue weighted by Crippen LogP contribution is -2.50. The number of carbonyl (C=O) groups excluding carboxylic acids is 1. The summed E-state index contributed by atoms with van der Waals surface area (Å²) in [5, 5.41) is 22.3. The van der Waals surface area contributed by atoms with Crippen LogP contribution in [-0.4, -0.2) is 41.1 Å². The molecule has 1 fully saturated rings. The molecule has 1 aliphatic rings. The van der Waals surface area contributed by atoms with E-state index in [9.17, 15) is 27.5 Å². The van der Waals surface area contributed by atoms with Crippen LogP contribution in [0.15, 0.2) is 42.5 Å². The Balaban J connectivity index is 1.65. The zero-order valence-corrected chi connectivity index (χ0v) is 20.4. The van der Waals surface area contributed by atoms with Crippen molar-refractivity contribution in [1.82, 2.24) is 4.90 Å². The Morgan fingerprint density at radius 3 is 2.50 bits per heavy atom. The second-order valence-electron chi connectivity index (χ2n) is 10.0. The van der Waals surface area contributed by atoms with E-state index in [0.29, 0.717) is 31.0 Å². The van der Waals surface area contributed by atoms with E-state index in [2.05, 4.69) is 12.2 Å². The number of carbonyl (C=O) groups is 1. The number of nitriles is 1. The number of aliphatic hydroxyl groups is 1. The number of alkyl halides is 3. The number of anilines is 1. The fraction of sp³-hybridized carbons (Fsp3) is 0.481. The van der Waals surface area contributed by atoms with Gasteiger partial charge in [-0.15, -0.1) is 0 Å². The van der Waals surface area contributed by atoms with E-state index in [1.54, 1.807) is 12.1 Å².